The molecule has 0 bridgehead atoms. The van der Waals surface area contributed by atoms with E-state index in [1.165, 1.54) is 50.7 Å². The molecule has 0 saturated carbocycles. The van der Waals surface area contributed by atoms with Gasteiger partial charge in [-0.3, -0.25) is 9.59 Å². The van der Waals surface area contributed by atoms with Crippen LogP contribution in [0.5, 0.6) is 11.5 Å². The maximum Gasteiger partial charge on any atom is 0.242 e. The molecule has 0 heterocycles. The van der Waals surface area contributed by atoms with Gasteiger partial charge in [0, 0.05) is 5.56 Å². The molecule has 2 atom stereocenters. The van der Waals surface area contributed by atoms with Crippen LogP contribution in [0.1, 0.15) is 91.0 Å². The fourth-order valence-electron chi connectivity index (χ4n) is 5.26. The number of benzene rings is 3. The highest BCUT2D eigenvalue weighted by atomic mass is 16.6. The lowest BCUT2D eigenvalue weighted by molar-refractivity contribution is -0.116. The second-order valence-electron chi connectivity index (χ2n) is 10.7. The van der Waals surface area contributed by atoms with Crippen molar-refractivity contribution in [3.8, 4) is 11.5 Å². The van der Waals surface area contributed by atoms with Crippen LogP contribution in [0, 0.1) is 5.92 Å². The molecular formula is C36H40O5. The van der Waals surface area contributed by atoms with Gasteiger partial charge in [0.2, 0.25) is 5.79 Å². The second kappa shape index (κ2) is 14.6. The van der Waals surface area contributed by atoms with E-state index in [9.17, 15) is 19.8 Å². The van der Waals surface area contributed by atoms with Gasteiger partial charge in [-0.1, -0.05) is 119 Å². The van der Waals surface area contributed by atoms with Crippen molar-refractivity contribution < 1.29 is 24.5 Å². The number of rotatable bonds is 15. The van der Waals surface area contributed by atoms with Crippen molar-refractivity contribution in [2.24, 2.45) is 5.92 Å². The molecule has 41 heavy (non-hydrogen) atoms. The number of unbranched alkanes of at least 4 members (excludes halogenated alkanes) is 7. The highest BCUT2D eigenvalue weighted by Crippen LogP contribution is 2.37. The molecule has 3 aromatic carbocycles. The number of phenols is 1. The number of hydrogen-bond donors (Lipinski definition) is 2. The molecule has 0 aromatic heterocycles. The molecule has 0 saturated heterocycles. The van der Waals surface area contributed by atoms with Gasteiger partial charge in [0.15, 0.2) is 11.6 Å². The van der Waals surface area contributed by atoms with E-state index in [4.69, 9.17) is 4.74 Å². The minimum absolute atomic E-state index is 0.0951. The number of carbonyl (C=O) groups excluding carboxylic acids is 2. The van der Waals surface area contributed by atoms with E-state index < -0.39 is 17.5 Å². The Hall–Kier alpha value is -3.96. The number of Topliss-reactive ketones (excluding diaryl/α,β-unsaturated/α-hetero) is 1. The van der Waals surface area contributed by atoms with Crippen molar-refractivity contribution in [1.29, 1.82) is 0 Å². The first kappa shape index (κ1) is 30.0. The Morgan fingerprint density at radius 2 is 1.39 bits per heavy atom. The van der Waals surface area contributed by atoms with E-state index in [0.29, 0.717) is 5.56 Å². The van der Waals surface area contributed by atoms with Crippen LogP contribution in [0.2, 0.25) is 0 Å². The summed E-state index contributed by atoms with van der Waals surface area (Å²) in [5.41, 5.74) is 1.74. The summed E-state index contributed by atoms with van der Waals surface area (Å²) >= 11 is 0. The van der Waals surface area contributed by atoms with Gasteiger partial charge in [-0.25, -0.2) is 0 Å². The molecule has 0 amide bonds. The molecule has 2 unspecified atom stereocenters. The lowest BCUT2D eigenvalue weighted by Gasteiger charge is -2.35. The van der Waals surface area contributed by atoms with Gasteiger partial charge in [0.25, 0.3) is 0 Å². The summed E-state index contributed by atoms with van der Waals surface area (Å²) in [6, 6.07) is 21.9. The van der Waals surface area contributed by atoms with Crippen molar-refractivity contribution >= 4 is 11.6 Å². The van der Waals surface area contributed by atoms with Crippen molar-refractivity contribution in [2.45, 2.75) is 70.5 Å². The first-order valence-electron chi connectivity index (χ1n) is 14.7. The minimum atomic E-state index is -2.06. The van der Waals surface area contributed by atoms with Gasteiger partial charge in [-0.15, -0.1) is 0 Å². The minimum Gasteiger partial charge on any atom is -0.507 e. The highest BCUT2D eigenvalue weighted by Gasteiger charge is 2.44. The van der Waals surface area contributed by atoms with Gasteiger partial charge < -0.3 is 14.9 Å². The number of ketones is 2. The molecule has 2 N–H and O–H groups in total. The lowest BCUT2D eigenvalue weighted by atomic mass is 9.83. The van der Waals surface area contributed by atoms with Crippen LogP contribution in [-0.2, 0) is 0 Å². The third kappa shape index (κ3) is 7.83. The zero-order chi connectivity index (χ0) is 29.1. The molecule has 4 rings (SSSR count). The zero-order valence-electron chi connectivity index (χ0n) is 23.8. The van der Waals surface area contributed by atoms with E-state index in [0.717, 1.165) is 24.8 Å². The van der Waals surface area contributed by atoms with Crippen LogP contribution in [-0.4, -0.2) is 27.6 Å². The third-order valence-corrected chi connectivity index (χ3v) is 7.55. The van der Waals surface area contributed by atoms with Crippen molar-refractivity contribution in [3.05, 3.63) is 119 Å². The monoisotopic (exact) mass is 552 g/mol. The fraction of sp³-hybridized carbons (Fsp3) is 0.333. The Balaban J connectivity index is 1.57. The van der Waals surface area contributed by atoms with Crippen molar-refractivity contribution in [2.75, 3.05) is 0 Å². The molecule has 1 aliphatic rings. The molecule has 0 aliphatic heterocycles. The number of aromatic hydroxyl groups is 1. The predicted molar refractivity (Wildman–Crippen MR) is 162 cm³/mol. The number of aliphatic hydroxyl groups is 1. The predicted octanol–water partition coefficient (Wildman–Crippen LogP) is 8.22. The molecule has 5 heteroatoms. The smallest absolute Gasteiger partial charge is 0.242 e. The quantitative estimate of drug-likeness (QED) is 0.113. The summed E-state index contributed by atoms with van der Waals surface area (Å²) in [6.07, 6.45) is 15.4. The molecule has 1 aliphatic carbocycles. The van der Waals surface area contributed by atoms with Gasteiger partial charge in [0.1, 0.15) is 17.4 Å². The fourth-order valence-corrected chi connectivity index (χ4v) is 5.26. The van der Waals surface area contributed by atoms with Gasteiger partial charge in [-0.05, 0) is 48.8 Å². The normalized spacial score (nSPS) is 18.1. The van der Waals surface area contributed by atoms with Gasteiger partial charge >= 0.3 is 0 Å². The summed E-state index contributed by atoms with van der Waals surface area (Å²) in [4.78, 5) is 27.0. The molecule has 3 aromatic rings. The van der Waals surface area contributed by atoms with Gasteiger partial charge in [-0.2, -0.15) is 0 Å². The number of carbonyl (C=O) groups is 2. The number of ether oxygens (including phenoxy) is 1. The Morgan fingerprint density at radius 1 is 0.780 bits per heavy atom. The number of phenolic OH excluding ortho intramolecular Hbond substituents is 1. The highest BCUT2D eigenvalue weighted by molar-refractivity contribution is 6.10. The molecule has 0 radical (unpaired) electrons. The van der Waals surface area contributed by atoms with Crippen molar-refractivity contribution in [3.63, 3.8) is 0 Å². The summed E-state index contributed by atoms with van der Waals surface area (Å²) in [7, 11) is 0. The maximum absolute atomic E-state index is 13.6. The molecular weight excluding hydrogens is 512 g/mol. The van der Waals surface area contributed by atoms with E-state index in [1.807, 2.05) is 12.1 Å². The summed E-state index contributed by atoms with van der Waals surface area (Å²) < 4.78 is 6.23. The summed E-state index contributed by atoms with van der Waals surface area (Å²) in [5, 5.41) is 22.4. The van der Waals surface area contributed by atoms with Crippen LogP contribution in [0.25, 0.3) is 0 Å². The SMILES string of the molecule is CCCCCCCCCCC1=CC(O)(Oc2ccccc2C(=O)c2ccccc2)C(C(=O)c2ccccc2O)C=C1. The Kier molecular flexibility index (Phi) is 10.7. The topological polar surface area (TPSA) is 83.8 Å². The Morgan fingerprint density at radius 3 is 2.10 bits per heavy atom. The van der Waals surface area contributed by atoms with E-state index in [1.54, 1.807) is 72.8 Å². The summed E-state index contributed by atoms with van der Waals surface area (Å²) in [6.45, 7) is 2.22. The second-order valence-corrected chi connectivity index (χ2v) is 10.7. The van der Waals surface area contributed by atoms with Crippen LogP contribution in [0.4, 0.5) is 0 Å². The molecule has 0 spiro atoms. The van der Waals surface area contributed by atoms with E-state index in [2.05, 4.69) is 6.92 Å². The maximum atomic E-state index is 13.6. The first-order chi connectivity index (χ1) is 19.9. The standard InChI is InChI=1S/C36H40O5/c1-2-3-4-5-6-7-8-10-17-27-24-25-31(35(39)29-20-13-15-22-32(29)37)36(40,26-27)41-33-23-16-14-21-30(33)34(38)28-18-11-9-12-19-28/h9,11-16,18-26,31,37,40H,2-8,10,17H2,1H3. The summed E-state index contributed by atoms with van der Waals surface area (Å²) in [5.74, 6) is -3.90. The average molecular weight is 553 g/mol. The van der Waals surface area contributed by atoms with Gasteiger partial charge in [0.05, 0.1) is 11.1 Å². The number of para-hydroxylation sites is 2. The average Bonchev–Trinajstić information content (AvgIpc) is 2.99. The van der Waals surface area contributed by atoms with Crippen LogP contribution in [0.15, 0.2) is 103 Å². The number of allylic oxidation sites excluding steroid dienone is 2. The Bertz CT molecular complexity index is 1370. The van der Waals surface area contributed by atoms with Crippen molar-refractivity contribution in [1.82, 2.24) is 0 Å². The van der Waals surface area contributed by atoms with E-state index in [-0.39, 0.29) is 28.4 Å². The lowest BCUT2D eigenvalue weighted by Crippen LogP contribution is -2.46. The number of hydrogen-bond acceptors (Lipinski definition) is 5. The van der Waals surface area contributed by atoms with E-state index >= 15 is 0 Å². The third-order valence-electron chi connectivity index (χ3n) is 7.55. The largest absolute Gasteiger partial charge is 0.507 e. The molecule has 0 fully saturated rings. The van der Waals surface area contributed by atoms with Crippen LogP contribution < -0.4 is 4.74 Å². The van der Waals surface area contributed by atoms with Crippen LogP contribution in [0.3, 0.4) is 0 Å². The van der Waals surface area contributed by atoms with Crippen LogP contribution >= 0.6 is 0 Å². The molecule has 5 nitrogen and oxygen atoms in total. The molecule has 214 valence electrons. The first-order valence-corrected chi connectivity index (χ1v) is 14.7. The zero-order valence-corrected chi connectivity index (χ0v) is 23.8. The Labute approximate surface area is 243 Å².